The van der Waals surface area contributed by atoms with E-state index in [2.05, 4.69) is 0 Å². The lowest BCUT2D eigenvalue weighted by atomic mass is 9.78. The second-order valence-electron chi connectivity index (χ2n) is 9.91. The molecule has 2 aliphatic rings. The van der Waals surface area contributed by atoms with Gasteiger partial charge in [0.1, 0.15) is 22.9 Å². The molecule has 158 valence electrons. The molecule has 3 rings (SSSR count). The summed E-state index contributed by atoms with van der Waals surface area (Å²) in [7, 11) is 0. The highest BCUT2D eigenvalue weighted by Crippen LogP contribution is 2.43. The molecule has 1 amide bonds. The number of amides is 1. The molecular formula is C22H30N2O4S. The highest BCUT2D eigenvalue weighted by atomic mass is 32.2. The molecule has 7 heteroatoms. The number of carboxylic acids is 1. The molecule has 2 atom stereocenters. The summed E-state index contributed by atoms with van der Waals surface area (Å²) in [5, 5.41) is 20.4. The number of nitrogens with two attached hydrogens (primary N) is 1. The van der Waals surface area contributed by atoms with Gasteiger partial charge in [0.15, 0.2) is 0 Å². The molecule has 0 bridgehead atoms. The molecule has 0 aromatic heterocycles. The first-order valence-corrected chi connectivity index (χ1v) is 10.8. The van der Waals surface area contributed by atoms with Gasteiger partial charge in [0.25, 0.3) is 0 Å². The van der Waals surface area contributed by atoms with Gasteiger partial charge in [-0.05, 0) is 39.5 Å². The summed E-state index contributed by atoms with van der Waals surface area (Å²) < 4.78 is 0. The number of phenols is 1. The molecule has 0 unspecified atom stereocenters. The van der Waals surface area contributed by atoms with Gasteiger partial charge >= 0.3 is 5.97 Å². The Hall–Kier alpha value is -1.99. The third kappa shape index (κ3) is 3.78. The van der Waals surface area contributed by atoms with E-state index >= 15 is 0 Å². The average molecular weight is 419 g/mol. The number of fused-ring (bicyclic) bond motifs is 1. The quantitative estimate of drug-likeness (QED) is 0.652. The van der Waals surface area contributed by atoms with Crippen LogP contribution in [0.15, 0.2) is 23.4 Å². The van der Waals surface area contributed by atoms with Gasteiger partial charge in [0.2, 0.25) is 5.91 Å². The van der Waals surface area contributed by atoms with E-state index in [0.29, 0.717) is 23.5 Å². The lowest BCUT2D eigenvalue weighted by molar-refractivity contribution is -0.148. The van der Waals surface area contributed by atoms with E-state index < -0.39 is 12.0 Å². The van der Waals surface area contributed by atoms with Crippen molar-refractivity contribution in [2.75, 3.05) is 5.75 Å². The molecule has 6 nitrogen and oxygen atoms in total. The van der Waals surface area contributed by atoms with Gasteiger partial charge in [-0.15, -0.1) is 11.8 Å². The van der Waals surface area contributed by atoms with Crippen LogP contribution >= 0.6 is 11.8 Å². The fourth-order valence-corrected chi connectivity index (χ4v) is 5.19. The third-order valence-corrected chi connectivity index (χ3v) is 6.85. The molecule has 0 radical (unpaired) electrons. The molecule has 0 saturated carbocycles. The minimum absolute atomic E-state index is 0.0585. The Kier molecular flexibility index (Phi) is 5.28. The Morgan fingerprint density at radius 3 is 2.14 bits per heavy atom. The Morgan fingerprint density at radius 1 is 1.17 bits per heavy atom. The van der Waals surface area contributed by atoms with E-state index in [0.717, 1.165) is 16.7 Å². The molecule has 0 aliphatic carbocycles. The Labute approximate surface area is 176 Å². The number of rotatable bonds is 3. The van der Waals surface area contributed by atoms with Crippen molar-refractivity contribution >= 4 is 23.6 Å². The molecule has 4 N–H and O–H groups in total. The van der Waals surface area contributed by atoms with Crippen LogP contribution in [0.4, 0.5) is 0 Å². The van der Waals surface area contributed by atoms with Crippen molar-refractivity contribution in [2.45, 2.75) is 70.2 Å². The van der Waals surface area contributed by atoms with Crippen molar-refractivity contribution in [3.63, 3.8) is 0 Å². The smallest absolute Gasteiger partial charge is 0.352 e. The van der Waals surface area contributed by atoms with Gasteiger partial charge in [0.05, 0.1) is 0 Å². The van der Waals surface area contributed by atoms with E-state index in [1.807, 2.05) is 53.7 Å². The number of carbonyl (C=O) groups is 2. The van der Waals surface area contributed by atoms with Crippen LogP contribution in [0.2, 0.25) is 0 Å². The van der Waals surface area contributed by atoms with E-state index in [1.54, 1.807) is 0 Å². The molecule has 0 spiro atoms. The summed E-state index contributed by atoms with van der Waals surface area (Å²) in [5.74, 6) is -0.631. The normalized spacial score (nSPS) is 22.4. The number of carboxylic acid groups (broad SMARTS) is 1. The minimum Gasteiger partial charge on any atom is -0.507 e. The van der Waals surface area contributed by atoms with Crippen molar-refractivity contribution < 1.29 is 19.8 Å². The lowest BCUT2D eigenvalue weighted by Gasteiger charge is -2.48. The second kappa shape index (κ2) is 7.06. The van der Waals surface area contributed by atoms with Crippen molar-refractivity contribution in [3.05, 3.63) is 40.1 Å². The van der Waals surface area contributed by atoms with Crippen LogP contribution in [-0.4, -0.2) is 44.2 Å². The predicted molar refractivity (Wildman–Crippen MR) is 115 cm³/mol. The fourth-order valence-electron chi connectivity index (χ4n) is 3.90. The number of nitrogens with zero attached hydrogens (tertiary/aromatic N) is 1. The number of aliphatic carboxylic acids is 1. The Bertz CT molecular complexity index is 873. The molecular weight excluding hydrogens is 388 g/mol. The zero-order chi connectivity index (χ0) is 21.9. The van der Waals surface area contributed by atoms with Gasteiger partial charge in [-0.1, -0.05) is 53.7 Å². The lowest BCUT2D eigenvalue weighted by Crippen LogP contribution is -2.68. The summed E-state index contributed by atoms with van der Waals surface area (Å²) in [6.07, 6.45) is 0.410. The maximum absolute atomic E-state index is 12.2. The van der Waals surface area contributed by atoms with Gasteiger partial charge in [-0.25, -0.2) is 4.79 Å². The van der Waals surface area contributed by atoms with Crippen molar-refractivity contribution in [1.29, 1.82) is 0 Å². The number of thioether (sulfide) groups is 1. The maximum Gasteiger partial charge on any atom is 0.352 e. The summed E-state index contributed by atoms with van der Waals surface area (Å²) in [6, 6.07) is 3.28. The number of hydrogen-bond donors (Lipinski definition) is 3. The van der Waals surface area contributed by atoms with Crippen molar-refractivity contribution in [1.82, 2.24) is 4.90 Å². The van der Waals surface area contributed by atoms with Crippen LogP contribution in [0.5, 0.6) is 5.75 Å². The summed E-state index contributed by atoms with van der Waals surface area (Å²) >= 11 is 1.51. The van der Waals surface area contributed by atoms with Crippen LogP contribution in [0.25, 0.3) is 0 Å². The zero-order valence-electron chi connectivity index (χ0n) is 17.9. The average Bonchev–Trinajstić information content (AvgIpc) is 2.59. The van der Waals surface area contributed by atoms with Gasteiger partial charge in [-0.2, -0.15) is 0 Å². The van der Waals surface area contributed by atoms with Crippen LogP contribution in [0, 0.1) is 0 Å². The molecule has 1 aromatic carbocycles. The summed E-state index contributed by atoms with van der Waals surface area (Å²) in [4.78, 5) is 25.5. The number of β-lactam (4-membered cyclic amide) rings is 1. The monoisotopic (exact) mass is 418 g/mol. The molecule has 2 heterocycles. The van der Waals surface area contributed by atoms with Gasteiger partial charge in [0, 0.05) is 5.75 Å². The summed E-state index contributed by atoms with van der Waals surface area (Å²) in [6.45, 7) is 12.3. The number of aromatic hydroxyl groups is 1. The first-order chi connectivity index (χ1) is 13.2. The van der Waals surface area contributed by atoms with Gasteiger partial charge in [-0.3, -0.25) is 9.69 Å². The van der Waals surface area contributed by atoms with Crippen LogP contribution in [0.3, 0.4) is 0 Å². The predicted octanol–water partition coefficient (Wildman–Crippen LogP) is 3.11. The Balaban J connectivity index is 2.09. The molecule has 1 saturated heterocycles. The molecule has 1 fully saturated rings. The number of phenolic OH excluding ortho intramolecular Hbond substituents is 1. The number of benzene rings is 1. The SMILES string of the molecule is CC(C)(C)c1cc(CC2=C(C(=O)O)N3C(=O)[C@@H](N)[C@@H]3SC2)cc(C(C)(C)C)c1O. The summed E-state index contributed by atoms with van der Waals surface area (Å²) in [5.41, 5.74) is 8.66. The highest BCUT2D eigenvalue weighted by molar-refractivity contribution is 8.00. The van der Waals surface area contributed by atoms with Crippen molar-refractivity contribution in [2.24, 2.45) is 5.73 Å². The van der Waals surface area contributed by atoms with E-state index in [1.165, 1.54) is 16.7 Å². The molecule has 2 aliphatic heterocycles. The third-order valence-electron chi connectivity index (χ3n) is 5.49. The first-order valence-electron chi connectivity index (χ1n) is 9.76. The molecule has 1 aromatic rings. The van der Waals surface area contributed by atoms with Crippen LogP contribution < -0.4 is 5.73 Å². The standard InChI is InChI=1S/C22H30N2O4S/c1-21(2,3)13-8-11(9-14(17(13)25)22(4,5)6)7-12-10-29-19-15(23)18(26)24(19)16(12)20(27)28/h8-9,15,19,25H,7,10,23H2,1-6H3,(H,27,28)/t15-,19+/m1/s1. The van der Waals surface area contributed by atoms with E-state index in [-0.39, 0.29) is 27.8 Å². The number of carbonyl (C=O) groups excluding carboxylic acids is 1. The highest BCUT2D eigenvalue weighted by Gasteiger charge is 2.51. The minimum atomic E-state index is -1.10. The fraction of sp³-hybridized carbons (Fsp3) is 0.545. The van der Waals surface area contributed by atoms with Crippen molar-refractivity contribution in [3.8, 4) is 5.75 Å². The van der Waals surface area contributed by atoms with Crippen LogP contribution in [-0.2, 0) is 26.8 Å². The Morgan fingerprint density at radius 2 is 1.69 bits per heavy atom. The first kappa shape index (κ1) is 21.7. The van der Waals surface area contributed by atoms with E-state index in [9.17, 15) is 19.8 Å². The largest absolute Gasteiger partial charge is 0.507 e. The van der Waals surface area contributed by atoms with E-state index in [4.69, 9.17) is 5.73 Å². The zero-order valence-corrected chi connectivity index (χ0v) is 18.7. The van der Waals surface area contributed by atoms with Crippen LogP contribution in [0.1, 0.15) is 58.2 Å². The maximum atomic E-state index is 12.2. The van der Waals surface area contributed by atoms with Gasteiger partial charge < -0.3 is 15.9 Å². The second-order valence-corrected chi connectivity index (χ2v) is 11.0. The number of hydrogen-bond acceptors (Lipinski definition) is 5. The molecule has 29 heavy (non-hydrogen) atoms. The topological polar surface area (TPSA) is 104 Å².